The van der Waals surface area contributed by atoms with Gasteiger partial charge in [-0.15, -0.1) is 11.3 Å². The number of ether oxygens (including phenoxy) is 2. The Morgan fingerprint density at radius 1 is 1.07 bits per heavy atom. The zero-order valence-corrected chi connectivity index (χ0v) is 17.6. The Morgan fingerprint density at radius 2 is 1.77 bits per heavy atom. The lowest BCUT2D eigenvalue weighted by Crippen LogP contribution is -2.14. The van der Waals surface area contributed by atoms with Gasteiger partial charge < -0.3 is 14.8 Å². The molecule has 30 heavy (non-hydrogen) atoms. The van der Waals surface area contributed by atoms with E-state index in [-0.39, 0.29) is 23.7 Å². The molecule has 156 valence electrons. The Morgan fingerprint density at radius 3 is 2.43 bits per heavy atom. The maximum Gasteiger partial charge on any atom is 0.341 e. The van der Waals surface area contributed by atoms with E-state index in [1.807, 2.05) is 37.3 Å². The highest BCUT2D eigenvalue weighted by atomic mass is 32.1. The van der Waals surface area contributed by atoms with Gasteiger partial charge in [0.25, 0.3) is 0 Å². The van der Waals surface area contributed by atoms with Gasteiger partial charge >= 0.3 is 5.97 Å². The highest BCUT2D eigenvalue weighted by Crippen LogP contribution is 2.40. The van der Waals surface area contributed by atoms with Crippen LogP contribution in [0.1, 0.15) is 28.1 Å². The second-order valence-electron chi connectivity index (χ2n) is 6.55. The molecule has 7 heteroatoms. The molecule has 3 rings (SSSR count). The van der Waals surface area contributed by atoms with Crippen LogP contribution in [0.2, 0.25) is 0 Å². The lowest BCUT2D eigenvalue weighted by molar-refractivity contribution is -0.116. The van der Waals surface area contributed by atoms with Crippen LogP contribution in [0.15, 0.2) is 54.6 Å². The second kappa shape index (κ2) is 10.0. The molecule has 0 saturated carbocycles. The molecule has 0 unspecified atom stereocenters. The van der Waals surface area contributed by atoms with Crippen LogP contribution in [0.3, 0.4) is 0 Å². The molecule has 1 N–H and O–H groups in total. The minimum atomic E-state index is -0.554. The molecule has 0 spiro atoms. The zero-order valence-electron chi connectivity index (χ0n) is 16.7. The smallest absolute Gasteiger partial charge is 0.341 e. The van der Waals surface area contributed by atoms with Gasteiger partial charge in [0.1, 0.15) is 22.1 Å². The molecule has 0 bridgehead atoms. The average molecular weight is 427 g/mol. The predicted octanol–water partition coefficient (Wildman–Crippen LogP) is 5.45. The molecule has 0 aliphatic rings. The van der Waals surface area contributed by atoms with E-state index in [9.17, 15) is 14.0 Å². The molecule has 1 heterocycles. The first-order valence-electron chi connectivity index (χ1n) is 9.45. The summed E-state index contributed by atoms with van der Waals surface area (Å²) in [4.78, 5) is 25.7. The summed E-state index contributed by atoms with van der Waals surface area (Å²) < 4.78 is 23.8. The van der Waals surface area contributed by atoms with Crippen LogP contribution >= 0.6 is 11.3 Å². The number of esters is 1. The van der Waals surface area contributed by atoms with E-state index in [0.717, 1.165) is 10.6 Å². The van der Waals surface area contributed by atoms with Gasteiger partial charge in [0.2, 0.25) is 5.91 Å². The minimum absolute atomic E-state index is 0.219. The Kier molecular flexibility index (Phi) is 7.19. The number of thiophene rings is 1. The molecular weight excluding hydrogens is 405 g/mol. The van der Waals surface area contributed by atoms with Gasteiger partial charge in [0.05, 0.1) is 13.7 Å². The maximum atomic E-state index is 13.3. The van der Waals surface area contributed by atoms with Crippen molar-refractivity contribution >= 4 is 28.2 Å². The third-order valence-corrected chi connectivity index (χ3v) is 5.44. The predicted molar refractivity (Wildman–Crippen MR) is 116 cm³/mol. The van der Waals surface area contributed by atoms with Gasteiger partial charge in [-0.05, 0) is 43.2 Å². The van der Waals surface area contributed by atoms with Gasteiger partial charge in [-0.2, -0.15) is 0 Å². The summed E-state index contributed by atoms with van der Waals surface area (Å²) in [5, 5.41) is 3.24. The van der Waals surface area contributed by atoms with Crippen LogP contribution in [-0.4, -0.2) is 25.6 Å². The summed E-state index contributed by atoms with van der Waals surface area (Å²) in [5.74, 6) is -0.383. The highest BCUT2D eigenvalue weighted by molar-refractivity contribution is 7.17. The van der Waals surface area contributed by atoms with E-state index in [1.165, 1.54) is 30.6 Å². The molecule has 1 amide bonds. The molecule has 1 aromatic heterocycles. The standard InChI is InChI=1S/C23H22FNO4S/c1-15-20(16-10-12-17(24)13-11-16)21(23(27)28-2)22(30-15)25-19(26)9-6-14-29-18-7-4-3-5-8-18/h3-5,7-8,10-13H,6,9,14H2,1-2H3,(H,25,26). The maximum absolute atomic E-state index is 13.3. The van der Waals surface area contributed by atoms with Crippen molar-refractivity contribution in [2.75, 3.05) is 19.0 Å². The monoisotopic (exact) mass is 427 g/mol. The van der Waals surface area contributed by atoms with Gasteiger partial charge in [-0.1, -0.05) is 30.3 Å². The lowest BCUT2D eigenvalue weighted by Gasteiger charge is -2.09. The second-order valence-corrected chi connectivity index (χ2v) is 7.77. The van der Waals surface area contributed by atoms with Gasteiger partial charge in [0.15, 0.2) is 0 Å². The summed E-state index contributed by atoms with van der Waals surface area (Å²) in [5.41, 5.74) is 1.59. The molecule has 0 aliphatic heterocycles. The molecule has 0 saturated heterocycles. The largest absolute Gasteiger partial charge is 0.494 e. The number of hydrogen-bond donors (Lipinski definition) is 1. The van der Waals surface area contributed by atoms with Crippen molar-refractivity contribution in [3.63, 3.8) is 0 Å². The first kappa shape index (κ1) is 21.5. The minimum Gasteiger partial charge on any atom is -0.494 e. The van der Waals surface area contributed by atoms with Crippen molar-refractivity contribution in [2.24, 2.45) is 0 Å². The molecular formula is C23H22FNO4S. The SMILES string of the molecule is COC(=O)c1c(NC(=O)CCCOc2ccccc2)sc(C)c1-c1ccc(F)cc1. The number of aryl methyl sites for hydroxylation is 1. The number of para-hydroxylation sites is 1. The number of carbonyl (C=O) groups excluding carboxylic acids is 2. The number of rotatable bonds is 8. The Hall–Kier alpha value is -3.19. The van der Waals surface area contributed by atoms with Crippen molar-refractivity contribution in [1.29, 1.82) is 0 Å². The van der Waals surface area contributed by atoms with Crippen molar-refractivity contribution in [1.82, 2.24) is 0 Å². The molecule has 0 fully saturated rings. The van der Waals surface area contributed by atoms with Gasteiger partial charge in [-0.25, -0.2) is 9.18 Å². The average Bonchev–Trinajstić information content (AvgIpc) is 3.07. The Labute approximate surface area is 178 Å². The van der Waals surface area contributed by atoms with Crippen LogP contribution in [0, 0.1) is 12.7 Å². The van der Waals surface area contributed by atoms with Crippen LogP contribution in [0.4, 0.5) is 9.39 Å². The fourth-order valence-corrected chi connectivity index (χ4v) is 4.10. The highest BCUT2D eigenvalue weighted by Gasteiger charge is 2.25. The molecule has 5 nitrogen and oxygen atoms in total. The van der Waals surface area contributed by atoms with Crippen molar-refractivity contribution in [2.45, 2.75) is 19.8 Å². The zero-order chi connectivity index (χ0) is 21.5. The van der Waals surface area contributed by atoms with Gasteiger partial charge in [0, 0.05) is 16.9 Å². The number of carbonyl (C=O) groups is 2. The third-order valence-electron chi connectivity index (χ3n) is 4.42. The van der Waals surface area contributed by atoms with Gasteiger partial charge in [-0.3, -0.25) is 4.79 Å². The van der Waals surface area contributed by atoms with Crippen molar-refractivity contribution in [3.05, 3.63) is 70.9 Å². The van der Waals surface area contributed by atoms with E-state index >= 15 is 0 Å². The molecule has 2 aromatic carbocycles. The van der Waals surface area contributed by atoms with Crippen LogP contribution in [-0.2, 0) is 9.53 Å². The Bertz CT molecular complexity index is 1020. The number of hydrogen-bond acceptors (Lipinski definition) is 5. The number of anilines is 1. The number of methoxy groups -OCH3 is 1. The Balaban J connectivity index is 1.70. The summed E-state index contributed by atoms with van der Waals surface area (Å²) in [7, 11) is 1.29. The summed E-state index contributed by atoms with van der Waals surface area (Å²) >= 11 is 1.29. The fourth-order valence-electron chi connectivity index (χ4n) is 3.02. The lowest BCUT2D eigenvalue weighted by atomic mass is 10.0. The number of nitrogens with one attached hydrogen (secondary N) is 1. The summed E-state index contributed by atoms with van der Waals surface area (Å²) in [6.45, 7) is 2.25. The summed E-state index contributed by atoms with van der Waals surface area (Å²) in [6.07, 6.45) is 0.778. The molecule has 3 aromatic rings. The fraction of sp³-hybridized carbons (Fsp3) is 0.217. The third kappa shape index (κ3) is 5.24. The molecule has 0 radical (unpaired) electrons. The quantitative estimate of drug-likeness (QED) is 0.384. The number of benzene rings is 2. The van der Waals surface area contributed by atoms with E-state index in [2.05, 4.69) is 5.32 Å². The van der Waals surface area contributed by atoms with Crippen molar-refractivity contribution in [3.8, 4) is 16.9 Å². The molecule has 0 aliphatic carbocycles. The van der Waals surface area contributed by atoms with E-state index in [0.29, 0.717) is 29.2 Å². The van der Waals surface area contributed by atoms with Crippen LogP contribution in [0.25, 0.3) is 11.1 Å². The molecule has 0 atom stereocenters. The van der Waals surface area contributed by atoms with E-state index in [4.69, 9.17) is 9.47 Å². The van der Waals surface area contributed by atoms with Crippen LogP contribution < -0.4 is 10.1 Å². The van der Waals surface area contributed by atoms with Crippen molar-refractivity contribution < 1.29 is 23.5 Å². The van der Waals surface area contributed by atoms with E-state index in [1.54, 1.807) is 12.1 Å². The van der Waals surface area contributed by atoms with Crippen LogP contribution in [0.5, 0.6) is 5.75 Å². The van der Waals surface area contributed by atoms with E-state index < -0.39 is 5.97 Å². The first-order valence-corrected chi connectivity index (χ1v) is 10.3. The number of halogens is 1. The summed E-state index contributed by atoms with van der Waals surface area (Å²) in [6, 6.07) is 15.2. The topological polar surface area (TPSA) is 64.6 Å². The number of amides is 1. The normalized spacial score (nSPS) is 10.5. The first-order chi connectivity index (χ1) is 14.5.